The summed E-state index contributed by atoms with van der Waals surface area (Å²) in [5.74, 6) is 0.400. The van der Waals surface area contributed by atoms with E-state index in [9.17, 15) is 4.79 Å². The summed E-state index contributed by atoms with van der Waals surface area (Å²) in [5, 5.41) is 10.7. The van der Waals surface area contributed by atoms with E-state index in [1.807, 2.05) is 11.8 Å². The Kier molecular flexibility index (Phi) is 2.07. The molecule has 4 heteroatoms. The number of amidine groups is 1. The average molecular weight is 209 g/mol. The molecule has 0 aromatic carbocycles. The maximum atomic E-state index is 11.7. The standard InChI is InChI=1S/C11H19N3O/c1-4-14-9(15)13-8(12)11(14)7-5-6-10(11,2)3/h4-7H2,1-3H3,(H2,12,13,15). The van der Waals surface area contributed by atoms with Crippen LogP contribution in [0.1, 0.15) is 40.0 Å². The van der Waals surface area contributed by atoms with Crippen molar-refractivity contribution in [1.29, 1.82) is 5.41 Å². The zero-order valence-electron chi connectivity index (χ0n) is 9.68. The van der Waals surface area contributed by atoms with Gasteiger partial charge in [0.2, 0.25) is 0 Å². The normalized spacial score (nSPS) is 33.9. The molecule has 15 heavy (non-hydrogen) atoms. The van der Waals surface area contributed by atoms with E-state index in [1.165, 1.54) is 0 Å². The Hall–Kier alpha value is -1.06. The van der Waals surface area contributed by atoms with Crippen LogP contribution in [0, 0.1) is 10.8 Å². The van der Waals surface area contributed by atoms with Crippen LogP contribution in [0.4, 0.5) is 4.79 Å². The molecule has 2 rings (SSSR count). The molecule has 0 radical (unpaired) electrons. The zero-order chi connectivity index (χ0) is 11.3. The van der Waals surface area contributed by atoms with Crippen molar-refractivity contribution >= 4 is 11.9 Å². The Morgan fingerprint density at radius 3 is 2.60 bits per heavy atom. The van der Waals surface area contributed by atoms with Gasteiger partial charge in [-0.1, -0.05) is 13.8 Å². The van der Waals surface area contributed by atoms with Crippen molar-refractivity contribution in [3.63, 3.8) is 0 Å². The van der Waals surface area contributed by atoms with Crippen molar-refractivity contribution in [3.05, 3.63) is 0 Å². The number of nitrogens with zero attached hydrogens (tertiary/aromatic N) is 1. The molecule has 84 valence electrons. The number of carbonyl (C=O) groups excluding carboxylic acids is 1. The molecular formula is C11H19N3O. The third-order valence-corrected chi connectivity index (χ3v) is 4.13. The van der Waals surface area contributed by atoms with E-state index in [2.05, 4.69) is 19.2 Å². The molecule has 2 N–H and O–H groups in total. The number of hydrogen-bond acceptors (Lipinski definition) is 2. The predicted molar refractivity (Wildman–Crippen MR) is 59.0 cm³/mol. The van der Waals surface area contributed by atoms with E-state index in [0.29, 0.717) is 12.4 Å². The van der Waals surface area contributed by atoms with Gasteiger partial charge in [0.25, 0.3) is 0 Å². The lowest BCUT2D eigenvalue weighted by Gasteiger charge is -2.43. The van der Waals surface area contributed by atoms with E-state index >= 15 is 0 Å². The number of urea groups is 1. The van der Waals surface area contributed by atoms with E-state index in [1.54, 1.807) is 0 Å². The molecule has 1 aliphatic carbocycles. The summed E-state index contributed by atoms with van der Waals surface area (Å²) in [5.41, 5.74) is -0.349. The summed E-state index contributed by atoms with van der Waals surface area (Å²) in [4.78, 5) is 13.6. The molecular weight excluding hydrogens is 190 g/mol. The van der Waals surface area contributed by atoms with Crippen LogP contribution in [0.3, 0.4) is 0 Å². The summed E-state index contributed by atoms with van der Waals surface area (Å²) in [6, 6.07) is -0.0996. The Bertz CT molecular complexity index is 324. The first-order valence-corrected chi connectivity index (χ1v) is 5.63. The number of nitrogens with one attached hydrogen (secondary N) is 2. The first-order chi connectivity index (χ1) is 6.95. The fourth-order valence-corrected chi connectivity index (χ4v) is 3.29. The molecule has 1 heterocycles. The van der Waals surface area contributed by atoms with Crippen molar-refractivity contribution in [2.24, 2.45) is 5.41 Å². The average Bonchev–Trinajstić information content (AvgIpc) is 2.55. The maximum Gasteiger partial charge on any atom is 0.323 e. The summed E-state index contributed by atoms with van der Waals surface area (Å²) in [6.45, 7) is 6.99. The minimum atomic E-state index is -0.362. The molecule has 2 fully saturated rings. The molecule has 2 amide bonds. The van der Waals surface area contributed by atoms with Crippen LogP contribution in [-0.4, -0.2) is 28.9 Å². The van der Waals surface area contributed by atoms with Crippen LogP contribution in [0.15, 0.2) is 0 Å². The molecule has 1 aliphatic heterocycles. The fraction of sp³-hybridized carbons (Fsp3) is 0.818. The van der Waals surface area contributed by atoms with Gasteiger partial charge in [0.15, 0.2) is 0 Å². The summed E-state index contributed by atoms with van der Waals surface area (Å²) in [7, 11) is 0. The van der Waals surface area contributed by atoms with Crippen molar-refractivity contribution in [2.45, 2.75) is 45.6 Å². The largest absolute Gasteiger partial charge is 0.323 e. The van der Waals surface area contributed by atoms with E-state index in [0.717, 1.165) is 19.3 Å². The Labute approximate surface area is 90.5 Å². The van der Waals surface area contributed by atoms with Crippen LogP contribution in [0.5, 0.6) is 0 Å². The highest BCUT2D eigenvalue weighted by atomic mass is 16.2. The molecule has 0 aromatic heterocycles. The van der Waals surface area contributed by atoms with E-state index in [4.69, 9.17) is 5.41 Å². The summed E-state index contributed by atoms with van der Waals surface area (Å²) in [6.07, 6.45) is 3.10. The fourth-order valence-electron chi connectivity index (χ4n) is 3.29. The van der Waals surface area contributed by atoms with Gasteiger partial charge in [-0.15, -0.1) is 0 Å². The second-order valence-corrected chi connectivity index (χ2v) is 5.15. The monoisotopic (exact) mass is 209 g/mol. The minimum Gasteiger partial charge on any atom is -0.311 e. The third kappa shape index (κ3) is 1.08. The number of hydrogen-bond donors (Lipinski definition) is 2. The van der Waals surface area contributed by atoms with Crippen LogP contribution in [0.25, 0.3) is 0 Å². The summed E-state index contributed by atoms with van der Waals surface area (Å²) >= 11 is 0. The highest BCUT2D eigenvalue weighted by Gasteiger charge is 2.60. The number of likely N-dealkylation sites (N-methyl/N-ethyl adjacent to an activating group) is 1. The molecule has 0 aromatic rings. The molecule has 1 unspecified atom stereocenters. The van der Waals surface area contributed by atoms with Gasteiger partial charge in [-0.3, -0.25) is 10.7 Å². The zero-order valence-corrected chi connectivity index (χ0v) is 9.68. The second kappa shape index (κ2) is 2.97. The first-order valence-electron chi connectivity index (χ1n) is 5.63. The van der Waals surface area contributed by atoms with Crippen LogP contribution < -0.4 is 5.32 Å². The molecule has 1 saturated heterocycles. The van der Waals surface area contributed by atoms with Crippen molar-refractivity contribution < 1.29 is 4.79 Å². The second-order valence-electron chi connectivity index (χ2n) is 5.15. The van der Waals surface area contributed by atoms with Gasteiger partial charge in [-0.25, -0.2) is 4.79 Å². The SMILES string of the molecule is CCN1C(=O)NC(=N)C12CCCC2(C)C. The first kappa shape index (κ1) is 10.5. The highest BCUT2D eigenvalue weighted by Crippen LogP contribution is 2.51. The molecule has 0 bridgehead atoms. The third-order valence-electron chi connectivity index (χ3n) is 4.13. The van der Waals surface area contributed by atoms with Crippen LogP contribution in [0.2, 0.25) is 0 Å². The molecule has 2 aliphatic rings. The van der Waals surface area contributed by atoms with Gasteiger partial charge in [0.05, 0.1) is 0 Å². The van der Waals surface area contributed by atoms with Gasteiger partial charge >= 0.3 is 6.03 Å². The molecule has 1 spiro atoms. The highest BCUT2D eigenvalue weighted by molar-refractivity contribution is 6.09. The van der Waals surface area contributed by atoms with E-state index < -0.39 is 0 Å². The quantitative estimate of drug-likeness (QED) is 0.681. The van der Waals surface area contributed by atoms with E-state index in [-0.39, 0.29) is 17.0 Å². The minimum absolute atomic E-state index is 0.0131. The molecule has 1 atom stereocenters. The summed E-state index contributed by atoms with van der Waals surface area (Å²) < 4.78 is 0. The van der Waals surface area contributed by atoms with Crippen LogP contribution >= 0.6 is 0 Å². The topological polar surface area (TPSA) is 56.2 Å². The molecule has 4 nitrogen and oxygen atoms in total. The van der Waals surface area contributed by atoms with Gasteiger partial charge < -0.3 is 4.90 Å². The van der Waals surface area contributed by atoms with Gasteiger partial charge in [-0.2, -0.15) is 0 Å². The maximum absolute atomic E-state index is 11.7. The molecule has 1 saturated carbocycles. The number of carbonyl (C=O) groups is 1. The van der Waals surface area contributed by atoms with Crippen molar-refractivity contribution in [1.82, 2.24) is 10.2 Å². The lowest BCUT2D eigenvalue weighted by Crippen LogP contribution is -2.56. The van der Waals surface area contributed by atoms with Gasteiger partial charge in [0, 0.05) is 6.54 Å². The lowest BCUT2D eigenvalue weighted by molar-refractivity contribution is 0.110. The van der Waals surface area contributed by atoms with Gasteiger partial charge in [-0.05, 0) is 31.6 Å². The smallest absolute Gasteiger partial charge is 0.311 e. The van der Waals surface area contributed by atoms with Crippen molar-refractivity contribution in [2.75, 3.05) is 6.54 Å². The Morgan fingerprint density at radius 2 is 2.13 bits per heavy atom. The number of amides is 2. The number of rotatable bonds is 1. The van der Waals surface area contributed by atoms with Crippen LogP contribution in [-0.2, 0) is 0 Å². The lowest BCUT2D eigenvalue weighted by atomic mass is 9.73. The van der Waals surface area contributed by atoms with Crippen molar-refractivity contribution in [3.8, 4) is 0 Å². The predicted octanol–water partition coefficient (Wildman–Crippen LogP) is 1.96. The Balaban J connectivity index is 2.48. The Morgan fingerprint density at radius 1 is 1.47 bits per heavy atom. The van der Waals surface area contributed by atoms with Gasteiger partial charge in [0.1, 0.15) is 11.4 Å².